The van der Waals surface area contributed by atoms with E-state index in [9.17, 15) is 4.79 Å². The first-order valence-corrected chi connectivity index (χ1v) is 11.5. The van der Waals surface area contributed by atoms with Gasteiger partial charge in [0, 0.05) is 22.9 Å². The van der Waals surface area contributed by atoms with E-state index in [0.717, 1.165) is 28.1 Å². The molecule has 1 N–H and O–H groups in total. The third-order valence-electron chi connectivity index (χ3n) is 6.05. The van der Waals surface area contributed by atoms with E-state index < -0.39 is 0 Å². The summed E-state index contributed by atoms with van der Waals surface area (Å²) >= 11 is 5.97. The van der Waals surface area contributed by atoms with Gasteiger partial charge in [0.05, 0.1) is 5.69 Å². The number of hydrogen-bond acceptors (Lipinski definition) is 6. The van der Waals surface area contributed by atoms with Gasteiger partial charge in [-0.05, 0) is 54.4 Å². The second kappa shape index (κ2) is 8.52. The number of fused-ring (bicyclic) bond motifs is 2. The Morgan fingerprint density at radius 2 is 1.97 bits per heavy atom. The van der Waals surface area contributed by atoms with E-state index in [1.807, 2.05) is 61.5 Å². The lowest BCUT2D eigenvalue weighted by Crippen LogP contribution is -2.25. The molecule has 10 heteroatoms. The van der Waals surface area contributed by atoms with Crippen molar-refractivity contribution in [2.75, 3.05) is 5.32 Å². The largest absolute Gasteiger partial charge is 0.489 e. The van der Waals surface area contributed by atoms with Crippen LogP contribution >= 0.6 is 11.6 Å². The number of rotatable bonds is 5. The molecule has 5 aromatic rings. The average molecular weight is 486 g/mol. The fourth-order valence-corrected chi connectivity index (χ4v) is 4.52. The van der Waals surface area contributed by atoms with Crippen molar-refractivity contribution >= 4 is 29.0 Å². The van der Waals surface area contributed by atoms with Crippen LogP contribution in [0.2, 0.25) is 5.02 Å². The van der Waals surface area contributed by atoms with E-state index in [1.54, 1.807) is 15.3 Å². The zero-order chi connectivity index (χ0) is 23.9. The Labute approximate surface area is 205 Å². The van der Waals surface area contributed by atoms with Crippen molar-refractivity contribution in [3.05, 3.63) is 94.4 Å². The molecule has 4 heterocycles. The van der Waals surface area contributed by atoms with Crippen molar-refractivity contribution < 1.29 is 9.53 Å². The lowest BCUT2D eigenvalue weighted by molar-refractivity contribution is -0.116. The summed E-state index contributed by atoms with van der Waals surface area (Å²) in [4.78, 5) is 12.8. The van der Waals surface area contributed by atoms with Crippen LogP contribution in [0.15, 0.2) is 67.0 Å². The summed E-state index contributed by atoms with van der Waals surface area (Å²) in [7, 11) is 0. The third-order valence-corrected chi connectivity index (χ3v) is 6.30. The molecule has 1 aliphatic rings. The van der Waals surface area contributed by atoms with Gasteiger partial charge in [0.15, 0.2) is 11.5 Å². The number of amides is 1. The van der Waals surface area contributed by atoms with Crippen LogP contribution < -0.4 is 10.1 Å². The number of aryl methyl sites for hydroxylation is 1. The predicted molar refractivity (Wildman–Crippen MR) is 130 cm³/mol. The van der Waals surface area contributed by atoms with Gasteiger partial charge in [0.2, 0.25) is 5.91 Å². The quantitative estimate of drug-likeness (QED) is 0.398. The predicted octanol–water partition coefficient (Wildman–Crippen LogP) is 4.32. The standard InChI is InChI=1S/C25H20ClN7O2/c1-15-24-20(17-3-2-4-19(11-17)35-13-16-5-7-18(26)8-6-16)12-23(34)28-25(24)33(30-15)22-10-9-21-29-27-14-32(21)31-22/h2-11,14,20H,12-13H2,1H3,(H,28,34)/t20-/m0/s1. The second-order valence-corrected chi connectivity index (χ2v) is 8.81. The van der Waals surface area contributed by atoms with Crippen LogP contribution in [0.1, 0.15) is 34.7 Å². The molecular weight excluding hydrogens is 466 g/mol. The fourth-order valence-electron chi connectivity index (χ4n) is 4.40. The molecule has 1 aliphatic heterocycles. The summed E-state index contributed by atoms with van der Waals surface area (Å²) in [6, 6.07) is 19.0. The number of aromatic nitrogens is 6. The minimum absolute atomic E-state index is 0.0819. The van der Waals surface area contributed by atoms with Crippen LogP contribution in [-0.4, -0.2) is 35.5 Å². The maximum atomic E-state index is 12.8. The first kappa shape index (κ1) is 21.3. The summed E-state index contributed by atoms with van der Waals surface area (Å²) < 4.78 is 9.26. The Kier molecular flexibility index (Phi) is 5.18. The molecule has 0 saturated carbocycles. The van der Waals surface area contributed by atoms with E-state index in [4.69, 9.17) is 21.4 Å². The van der Waals surface area contributed by atoms with E-state index >= 15 is 0 Å². The van der Waals surface area contributed by atoms with Gasteiger partial charge in [-0.25, -0.2) is 0 Å². The number of nitrogens with one attached hydrogen (secondary N) is 1. The highest BCUT2D eigenvalue weighted by Gasteiger charge is 2.33. The third kappa shape index (κ3) is 4.00. The van der Waals surface area contributed by atoms with E-state index in [2.05, 4.69) is 20.6 Å². The van der Waals surface area contributed by atoms with E-state index in [-0.39, 0.29) is 11.8 Å². The topological polar surface area (TPSA) is 99.2 Å². The van der Waals surface area contributed by atoms with E-state index in [1.165, 1.54) is 6.33 Å². The number of carbonyl (C=O) groups is 1. The Hall–Kier alpha value is -4.24. The van der Waals surface area contributed by atoms with Crippen LogP contribution in [0.4, 0.5) is 5.82 Å². The van der Waals surface area contributed by atoms with Crippen molar-refractivity contribution in [2.24, 2.45) is 0 Å². The molecule has 9 nitrogen and oxygen atoms in total. The molecular formula is C25H20ClN7O2. The molecule has 0 radical (unpaired) electrons. The number of halogens is 1. The number of carbonyl (C=O) groups excluding carboxylic acids is 1. The normalized spacial score (nSPS) is 15.1. The van der Waals surface area contributed by atoms with Gasteiger partial charge in [0.1, 0.15) is 24.5 Å². The molecule has 174 valence electrons. The van der Waals surface area contributed by atoms with Gasteiger partial charge in [-0.2, -0.15) is 14.3 Å². The Balaban J connectivity index is 1.33. The van der Waals surface area contributed by atoms with Crippen molar-refractivity contribution in [3.8, 4) is 11.6 Å². The highest BCUT2D eigenvalue weighted by molar-refractivity contribution is 6.30. The fraction of sp³-hybridized carbons (Fsp3) is 0.160. The van der Waals surface area contributed by atoms with Crippen molar-refractivity contribution in [1.82, 2.24) is 29.6 Å². The number of ether oxygens (including phenoxy) is 1. The van der Waals surface area contributed by atoms with Gasteiger partial charge in [-0.1, -0.05) is 35.9 Å². The van der Waals surface area contributed by atoms with Crippen LogP contribution in [0, 0.1) is 6.92 Å². The molecule has 3 aromatic heterocycles. The monoisotopic (exact) mass is 485 g/mol. The van der Waals surface area contributed by atoms with Gasteiger partial charge in [-0.15, -0.1) is 15.3 Å². The van der Waals surface area contributed by atoms with Crippen LogP contribution in [0.25, 0.3) is 11.5 Å². The SMILES string of the molecule is Cc1nn(-c2ccc3nncn3n2)c2c1[C@H](c1cccc(OCc3ccc(Cl)cc3)c1)CC(=O)N2. The average Bonchev–Trinajstić information content (AvgIpc) is 3.47. The first-order valence-electron chi connectivity index (χ1n) is 11.1. The molecule has 35 heavy (non-hydrogen) atoms. The highest BCUT2D eigenvalue weighted by Crippen LogP contribution is 2.40. The minimum atomic E-state index is -0.162. The Morgan fingerprint density at radius 3 is 2.83 bits per heavy atom. The zero-order valence-corrected chi connectivity index (χ0v) is 19.5. The van der Waals surface area contributed by atoms with Gasteiger partial charge in [-0.3, -0.25) is 4.79 Å². The van der Waals surface area contributed by atoms with Crippen molar-refractivity contribution in [3.63, 3.8) is 0 Å². The lowest BCUT2D eigenvalue weighted by Gasteiger charge is -2.24. The number of nitrogens with zero attached hydrogens (tertiary/aromatic N) is 6. The summed E-state index contributed by atoms with van der Waals surface area (Å²) in [6.45, 7) is 2.36. The summed E-state index contributed by atoms with van der Waals surface area (Å²) in [6.07, 6.45) is 1.84. The number of anilines is 1. The first-order chi connectivity index (χ1) is 17.0. The molecule has 0 bridgehead atoms. The minimum Gasteiger partial charge on any atom is -0.489 e. The molecule has 0 spiro atoms. The summed E-state index contributed by atoms with van der Waals surface area (Å²) in [5.74, 6) is 1.67. The lowest BCUT2D eigenvalue weighted by atomic mass is 9.86. The number of hydrogen-bond donors (Lipinski definition) is 1. The maximum Gasteiger partial charge on any atom is 0.226 e. The highest BCUT2D eigenvalue weighted by atomic mass is 35.5. The molecule has 0 aliphatic carbocycles. The Morgan fingerprint density at radius 1 is 1.11 bits per heavy atom. The van der Waals surface area contributed by atoms with E-state index in [0.29, 0.717) is 35.3 Å². The molecule has 0 saturated heterocycles. The molecule has 2 aromatic carbocycles. The molecule has 1 atom stereocenters. The zero-order valence-electron chi connectivity index (χ0n) is 18.7. The summed E-state index contributed by atoms with van der Waals surface area (Å²) in [5.41, 5.74) is 4.42. The second-order valence-electron chi connectivity index (χ2n) is 8.38. The van der Waals surface area contributed by atoms with Crippen molar-refractivity contribution in [2.45, 2.75) is 25.9 Å². The van der Waals surface area contributed by atoms with Gasteiger partial charge >= 0.3 is 0 Å². The van der Waals surface area contributed by atoms with Crippen LogP contribution in [0.5, 0.6) is 5.75 Å². The summed E-state index contributed by atoms with van der Waals surface area (Å²) in [5, 5.41) is 20.8. The smallest absolute Gasteiger partial charge is 0.226 e. The molecule has 0 unspecified atom stereocenters. The van der Waals surface area contributed by atoms with Gasteiger partial charge in [0.25, 0.3) is 0 Å². The molecule has 1 amide bonds. The maximum absolute atomic E-state index is 12.8. The van der Waals surface area contributed by atoms with Crippen LogP contribution in [0.3, 0.4) is 0 Å². The molecule has 0 fully saturated rings. The van der Waals surface area contributed by atoms with Gasteiger partial charge < -0.3 is 10.1 Å². The van der Waals surface area contributed by atoms with Crippen molar-refractivity contribution in [1.29, 1.82) is 0 Å². The molecule has 6 rings (SSSR count). The number of benzene rings is 2. The Bertz CT molecular complexity index is 1560. The van der Waals surface area contributed by atoms with Crippen LogP contribution in [-0.2, 0) is 11.4 Å².